The number of para-hydroxylation sites is 1. The van der Waals surface area contributed by atoms with Crippen LogP contribution < -0.4 is 5.32 Å². The third-order valence-corrected chi connectivity index (χ3v) is 5.17. The molecule has 0 unspecified atom stereocenters. The first-order valence-corrected chi connectivity index (χ1v) is 8.74. The third kappa shape index (κ3) is 2.66. The van der Waals surface area contributed by atoms with Crippen LogP contribution in [0.15, 0.2) is 53.0 Å². The number of nitrogens with one attached hydrogen (secondary N) is 1. The number of benzene rings is 2. The predicted octanol–water partition coefficient (Wildman–Crippen LogP) is 4.85. The fourth-order valence-corrected chi connectivity index (χ4v) is 3.66. The molecule has 0 spiro atoms. The highest BCUT2D eigenvalue weighted by Gasteiger charge is 2.24. The standard InChI is InChI=1S/C18H15BrClN3/c19-14-6-2-4-8-17(14)23-18-13(9-10-21-18)16(22-23)11-12-5-1-3-7-15(12)20/h1-8,21H,9-11H2. The number of halogens is 2. The van der Waals surface area contributed by atoms with E-state index in [-0.39, 0.29) is 0 Å². The number of nitrogens with zero attached hydrogens (tertiary/aromatic N) is 2. The smallest absolute Gasteiger partial charge is 0.133 e. The molecule has 0 atom stereocenters. The van der Waals surface area contributed by atoms with E-state index >= 15 is 0 Å². The van der Waals surface area contributed by atoms with Crippen molar-refractivity contribution in [3.8, 4) is 5.69 Å². The summed E-state index contributed by atoms with van der Waals surface area (Å²) in [5.41, 5.74) is 4.54. The number of anilines is 1. The highest BCUT2D eigenvalue weighted by atomic mass is 79.9. The molecule has 1 aliphatic rings. The summed E-state index contributed by atoms with van der Waals surface area (Å²) in [6, 6.07) is 16.1. The molecule has 0 amide bonds. The lowest BCUT2D eigenvalue weighted by molar-refractivity contribution is 0.837. The summed E-state index contributed by atoms with van der Waals surface area (Å²) in [7, 11) is 0. The van der Waals surface area contributed by atoms with Crippen LogP contribution in [0.2, 0.25) is 5.02 Å². The first-order chi connectivity index (χ1) is 11.2. The molecule has 2 aromatic carbocycles. The van der Waals surface area contributed by atoms with Crippen LogP contribution in [0.5, 0.6) is 0 Å². The molecule has 0 saturated heterocycles. The van der Waals surface area contributed by atoms with Crippen LogP contribution in [0.3, 0.4) is 0 Å². The molecule has 4 rings (SSSR count). The summed E-state index contributed by atoms with van der Waals surface area (Å²) in [6.45, 7) is 0.952. The first kappa shape index (κ1) is 14.8. The van der Waals surface area contributed by atoms with Crippen molar-refractivity contribution >= 4 is 33.3 Å². The molecule has 3 nitrogen and oxygen atoms in total. The number of aromatic nitrogens is 2. The zero-order chi connectivity index (χ0) is 15.8. The summed E-state index contributed by atoms with van der Waals surface area (Å²) < 4.78 is 3.03. The minimum absolute atomic E-state index is 0.751. The maximum Gasteiger partial charge on any atom is 0.133 e. The van der Waals surface area contributed by atoms with Gasteiger partial charge in [0.05, 0.1) is 11.4 Å². The van der Waals surface area contributed by atoms with E-state index in [4.69, 9.17) is 16.7 Å². The van der Waals surface area contributed by atoms with Crippen LogP contribution in [0.4, 0.5) is 5.82 Å². The van der Waals surface area contributed by atoms with Crippen LogP contribution in [0.25, 0.3) is 5.69 Å². The van der Waals surface area contributed by atoms with Gasteiger partial charge in [-0.15, -0.1) is 0 Å². The van der Waals surface area contributed by atoms with Gasteiger partial charge in [-0.1, -0.05) is 41.9 Å². The van der Waals surface area contributed by atoms with Gasteiger partial charge in [-0.3, -0.25) is 0 Å². The summed E-state index contributed by atoms with van der Waals surface area (Å²) in [5.74, 6) is 1.10. The lowest BCUT2D eigenvalue weighted by atomic mass is 10.1. The van der Waals surface area contributed by atoms with E-state index in [1.807, 2.05) is 41.1 Å². The van der Waals surface area contributed by atoms with Crippen molar-refractivity contribution in [3.63, 3.8) is 0 Å². The Balaban J connectivity index is 1.80. The molecule has 0 saturated carbocycles. The van der Waals surface area contributed by atoms with Crippen LogP contribution in [0.1, 0.15) is 16.8 Å². The first-order valence-electron chi connectivity index (χ1n) is 7.57. The summed E-state index contributed by atoms with van der Waals surface area (Å²) >= 11 is 9.94. The fourth-order valence-electron chi connectivity index (χ4n) is 3.01. The Morgan fingerprint density at radius 3 is 2.74 bits per heavy atom. The van der Waals surface area contributed by atoms with Crippen molar-refractivity contribution in [2.75, 3.05) is 11.9 Å². The lowest BCUT2D eigenvalue weighted by Crippen LogP contribution is -2.05. The summed E-state index contributed by atoms with van der Waals surface area (Å²) in [4.78, 5) is 0. The Hall–Kier alpha value is -1.78. The molecule has 2 heterocycles. The molecular formula is C18H15BrClN3. The molecule has 5 heteroatoms. The zero-order valence-electron chi connectivity index (χ0n) is 12.4. The number of hydrogen-bond acceptors (Lipinski definition) is 2. The molecule has 1 aliphatic heterocycles. The van der Waals surface area contributed by atoms with Crippen molar-refractivity contribution in [2.24, 2.45) is 0 Å². The van der Waals surface area contributed by atoms with Gasteiger partial charge in [0, 0.05) is 28.0 Å². The van der Waals surface area contributed by atoms with Crippen molar-refractivity contribution in [3.05, 3.63) is 74.8 Å². The largest absolute Gasteiger partial charge is 0.369 e. The SMILES string of the molecule is Clc1ccccc1Cc1nn(-c2ccccc2Br)c2c1CCN2. The molecule has 0 aliphatic carbocycles. The van der Waals surface area contributed by atoms with Gasteiger partial charge in [0.2, 0.25) is 0 Å². The second-order valence-electron chi connectivity index (χ2n) is 5.58. The quantitative estimate of drug-likeness (QED) is 0.695. The maximum atomic E-state index is 6.32. The molecule has 1 aromatic heterocycles. The highest BCUT2D eigenvalue weighted by molar-refractivity contribution is 9.10. The van der Waals surface area contributed by atoms with E-state index in [1.165, 1.54) is 5.56 Å². The van der Waals surface area contributed by atoms with E-state index in [2.05, 4.69) is 33.4 Å². The van der Waals surface area contributed by atoms with Crippen molar-refractivity contribution in [2.45, 2.75) is 12.8 Å². The van der Waals surface area contributed by atoms with Gasteiger partial charge in [-0.2, -0.15) is 5.10 Å². The number of hydrogen-bond donors (Lipinski definition) is 1. The van der Waals surface area contributed by atoms with E-state index < -0.39 is 0 Å². The van der Waals surface area contributed by atoms with Crippen LogP contribution in [-0.4, -0.2) is 16.3 Å². The van der Waals surface area contributed by atoms with Crippen LogP contribution in [0, 0.1) is 0 Å². The molecular weight excluding hydrogens is 374 g/mol. The van der Waals surface area contributed by atoms with Gasteiger partial charge in [0.15, 0.2) is 0 Å². The number of fused-ring (bicyclic) bond motifs is 1. The monoisotopic (exact) mass is 387 g/mol. The van der Waals surface area contributed by atoms with Gasteiger partial charge in [0.25, 0.3) is 0 Å². The second kappa shape index (κ2) is 6.02. The van der Waals surface area contributed by atoms with E-state index in [9.17, 15) is 0 Å². The third-order valence-electron chi connectivity index (χ3n) is 4.13. The van der Waals surface area contributed by atoms with E-state index in [1.54, 1.807) is 0 Å². The van der Waals surface area contributed by atoms with Gasteiger partial charge in [0.1, 0.15) is 5.82 Å². The molecule has 1 N–H and O–H groups in total. The predicted molar refractivity (Wildman–Crippen MR) is 97.7 cm³/mol. The van der Waals surface area contributed by atoms with Gasteiger partial charge in [-0.25, -0.2) is 4.68 Å². The average molecular weight is 389 g/mol. The highest BCUT2D eigenvalue weighted by Crippen LogP contribution is 2.33. The Labute approximate surface area is 148 Å². The fraction of sp³-hybridized carbons (Fsp3) is 0.167. The Bertz CT molecular complexity index is 872. The second-order valence-corrected chi connectivity index (χ2v) is 6.84. The Morgan fingerprint density at radius 2 is 1.91 bits per heavy atom. The van der Waals surface area contributed by atoms with E-state index in [0.717, 1.165) is 51.6 Å². The minimum atomic E-state index is 0.751. The van der Waals surface area contributed by atoms with Crippen LogP contribution in [-0.2, 0) is 12.8 Å². The van der Waals surface area contributed by atoms with Crippen molar-refractivity contribution in [1.29, 1.82) is 0 Å². The molecule has 0 fully saturated rings. The topological polar surface area (TPSA) is 29.9 Å². The van der Waals surface area contributed by atoms with Gasteiger partial charge >= 0.3 is 0 Å². The van der Waals surface area contributed by atoms with Crippen molar-refractivity contribution in [1.82, 2.24) is 9.78 Å². The summed E-state index contributed by atoms with van der Waals surface area (Å²) in [6.07, 6.45) is 1.75. The lowest BCUT2D eigenvalue weighted by Gasteiger charge is -2.08. The average Bonchev–Trinajstić information content (AvgIpc) is 3.14. The molecule has 23 heavy (non-hydrogen) atoms. The zero-order valence-corrected chi connectivity index (χ0v) is 14.7. The summed E-state index contributed by atoms with van der Waals surface area (Å²) in [5, 5.41) is 9.12. The molecule has 0 radical (unpaired) electrons. The normalized spacial score (nSPS) is 13.0. The van der Waals surface area contributed by atoms with Crippen LogP contribution >= 0.6 is 27.5 Å². The Kier molecular flexibility index (Phi) is 3.87. The minimum Gasteiger partial charge on any atom is -0.369 e. The number of rotatable bonds is 3. The Morgan fingerprint density at radius 1 is 1.13 bits per heavy atom. The van der Waals surface area contributed by atoms with Crippen molar-refractivity contribution < 1.29 is 0 Å². The van der Waals surface area contributed by atoms with Gasteiger partial charge < -0.3 is 5.32 Å². The molecule has 0 bridgehead atoms. The molecule has 116 valence electrons. The molecule has 3 aromatic rings. The van der Waals surface area contributed by atoms with Gasteiger partial charge in [-0.05, 0) is 46.1 Å². The van der Waals surface area contributed by atoms with E-state index in [0.29, 0.717) is 0 Å². The maximum absolute atomic E-state index is 6.32.